The second kappa shape index (κ2) is 11.3. The number of pyridine rings is 1. The summed E-state index contributed by atoms with van der Waals surface area (Å²) in [6.07, 6.45) is 16.8. The minimum atomic E-state index is -0.761. The summed E-state index contributed by atoms with van der Waals surface area (Å²) in [5.74, 6) is 0.857. The maximum Gasteiger partial charge on any atom is 0.317 e. The van der Waals surface area contributed by atoms with Crippen LogP contribution in [-0.2, 0) is 4.74 Å². The van der Waals surface area contributed by atoms with Gasteiger partial charge in [0.15, 0.2) is 5.82 Å². The van der Waals surface area contributed by atoms with Crippen molar-refractivity contribution in [3.8, 4) is 46.6 Å². The summed E-state index contributed by atoms with van der Waals surface area (Å²) in [6, 6.07) is 5.75. The number of halogens is 2. The molecule has 0 aliphatic carbocycles. The number of rotatable bonds is 6. The molecule has 3 saturated heterocycles. The van der Waals surface area contributed by atoms with Gasteiger partial charge in [0.2, 0.25) is 0 Å². The minimum Gasteiger partial charge on any atom is -0.508 e. The van der Waals surface area contributed by atoms with Crippen molar-refractivity contribution in [3.63, 3.8) is 0 Å². The molecular formula is C35H32F2N6O3. The summed E-state index contributed by atoms with van der Waals surface area (Å²) in [7, 11) is 0. The Labute approximate surface area is 264 Å². The van der Waals surface area contributed by atoms with Gasteiger partial charge in [-0.2, -0.15) is 15.1 Å². The van der Waals surface area contributed by atoms with Gasteiger partial charge in [-0.15, -0.1) is 6.42 Å². The molecule has 2 aromatic carbocycles. The van der Waals surface area contributed by atoms with Crippen LogP contribution in [0.3, 0.4) is 0 Å². The summed E-state index contributed by atoms with van der Waals surface area (Å²) >= 11 is 0. The fraction of sp³-hybridized carbons (Fsp3) is 0.371. The van der Waals surface area contributed by atoms with E-state index in [9.17, 15) is 9.50 Å². The van der Waals surface area contributed by atoms with E-state index in [1.807, 2.05) is 10.9 Å². The van der Waals surface area contributed by atoms with Gasteiger partial charge in [0.25, 0.3) is 0 Å². The van der Waals surface area contributed by atoms with Gasteiger partial charge in [-0.1, -0.05) is 12.0 Å². The van der Waals surface area contributed by atoms with E-state index in [1.165, 1.54) is 30.5 Å². The van der Waals surface area contributed by atoms with Crippen LogP contribution in [0.5, 0.6) is 11.8 Å². The second-order valence-corrected chi connectivity index (χ2v) is 12.5. The standard InChI is InChI=1S/C35H32F2N6O3/c1-2-25-28(36)6-5-21-15-24(44)16-26(29(21)25)32-30(37)33-27(18-38-32)31(22-17-39-43(19-22)23-7-13-45-14-8-23)40-34(41-33)46-20-35-9-3-11-42(35)12-4-10-35/h1,5-6,15-19,23,44H,3-4,7-14,20H2. The molecule has 3 aliphatic heterocycles. The number of nitrogens with zero attached hydrogens (tertiary/aromatic N) is 6. The normalized spacial score (nSPS) is 18.3. The molecule has 0 saturated carbocycles. The zero-order valence-electron chi connectivity index (χ0n) is 25.2. The van der Waals surface area contributed by atoms with E-state index in [-0.39, 0.29) is 51.1 Å². The Bertz CT molecular complexity index is 2020. The average Bonchev–Trinajstić information content (AvgIpc) is 3.81. The first-order valence-electron chi connectivity index (χ1n) is 15.7. The lowest BCUT2D eigenvalue weighted by Gasteiger charge is -2.31. The number of benzene rings is 2. The SMILES string of the molecule is C#Cc1c(F)ccc2cc(O)cc(-c3ncc4c(-c5cnn(C6CCOCC6)c5)nc(OCC56CCCN5CCC6)nc4c3F)c12. The highest BCUT2D eigenvalue weighted by molar-refractivity contribution is 6.03. The van der Waals surface area contributed by atoms with Crippen LogP contribution in [0.1, 0.15) is 50.1 Å². The van der Waals surface area contributed by atoms with Crippen LogP contribution in [0.25, 0.3) is 44.2 Å². The fourth-order valence-corrected chi connectivity index (χ4v) is 7.53. The van der Waals surface area contributed by atoms with Crippen LogP contribution < -0.4 is 4.74 Å². The lowest BCUT2D eigenvalue weighted by atomic mass is 9.95. The Balaban J connectivity index is 1.28. The molecule has 3 fully saturated rings. The molecule has 0 spiro atoms. The molecule has 46 heavy (non-hydrogen) atoms. The number of phenolic OH excluding ortho intramolecular Hbond substituents is 1. The van der Waals surface area contributed by atoms with Gasteiger partial charge in [-0.3, -0.25) is 14.6 Å². The quantitative estimate of drug-likeness (QED) is 0.229. The summed E-state index contributed by atoms with van der Waals surface area (Å²) in [5, 5.41) is 16.3. The van der Waals surface area contributed by atoms with Crippen molar-refractivity contribution in [2.24, 2.45) is 0 Å². The largest absolute Gasteiger partial charge is 0.508 e. The van der Waals surface area contributed by atoms with Crippen LogP contribution in [0.2, 0.25) is 0 Å². The van der Waals surface area contributed by atoms with Gasteiger partial charge < -0.3 is 14.6 Å². The van der Waals surface area contributed by atoms with Crippen molar-refractivity contribution < 1.29 is 23.4 Å². The molecule has 6 heterocycles. The minimum absolute atomic E-state index is 0.00818. The Hall–Kier alpha value is -4.66. The predicted molar refractivity (Wildman–Crippen MR) is 168 cm³/mol. The number of aromatic nitrogens is 5. The number of terminal acetylenes is 1. The molecule has 0 amide bonds. The van der Waals surface area contributed by atoms with Crippen molar-refractivity contribution in [1.82, 2.24) is 29.6 Å². The number of phenols is 1. The van der Waals surface area contributed by atoms with E-state index in [0.717, 1.165) is 51.6 Å². The molecular weight excluding hydrogens is 590 g/mol. The Morgan fingerprint density at radius 3 is 2.65 bits per heavy atom. The molecule has 9 nitrogen and oxygen atoms in total. The first-order chi connectivity index (χ1) is 22.4. The fourth-order valence-electron chi connectivity index (χ4n) is 7.53. The zero-order chi connectivity index (χ0) is 31.4. The smallest absolute Gasteiger partial charge is 0.317 e. The molecule has 0 atom stereocenters. The number of hydrogen-bond donors (Lipinski definition) is 1. The van der Waals surface area contributed by atoms with Crippen molar-refractivity contribution in [2.45, 2.75) is 50.1 Å². The topological polar surface area (TPSA) is 98.4 Å². The first-order valence-corrected chi connectivity index (χ1v) is 15.7. The molecule has 3 aliphatic rings. The van der Waals surface area contributed by atoms with Gasteiger partial charge in [-0.05, 0) is 75.2 Å². The molecule has 8 rings (SSSR count). The van der Waals surface area contributed by atoms with Gasteiger partial charge in [0, 0.05) is 47.5 Å². The first kappa shape index (κ1) is 28.8. The summed E-state index contributed by atoms with van der Waals surface area (Å²) < 4.78 is 45.4. The molecule has 0 radical (unpaired) electrons. The Kier molecular flexibility index (Phi) is 7.07. The van der Waals surface area contributed by atoms with Crippen molar-refractivity contribution in [2.75, 3.05) is 32.9 Å². The molecule has 0 bridgehead atoms. The molecule has 0 unspecified atom stereocenters. The molecule has 234 valence electrons. The average molecular weight is 623 g/mol. The maximum absolute atomic E-state index is 16.8. The van der Waals surface area contributed by atoms with E-state index < -0.39 is 11.6 Å². The van der Waals surface area contributed by atoms with E-state index in [0.29, 0.717) is 41.9 Å². The van der Waals surface area contributed by atoms with Gasteiger partial charge in [-0.25, -0.2) is 8.78 Å². The Morgan fingerprint density at radius 2 is 1.87 bits per heavy atom. The second-order valence-electron chi connectivity index (χ2n) is 12.5. The van der Waals surface area contributed by atoms with Gasteiger partial charge in [0.05, 0.1) is 29.0 Å². The van der Waals surface area contributed by atoms with Crippen LogP contribution in [0, 0.1) is 24.0 Å². The third-order valence-corrected chi connectivity index (χ3v) is 9.84. The lowest BCUT2D eigenvalue weighted by Crippen LogP contribution is -2.43. The number of fused-ring (bicyclic) bond motifs is 3. The number of ether oxygens (including phenoxy) is 2. The number of aromatic hydroxyl groups is 1. The maximum atomic E-state index is 16.8. The van der Waals surface area contributed by atoms with E-state index in [4.69, 9.17) is 20.9 Å². The molecule has 11 heteroatoms. The third-order valence-electron chi connectivity index (χ3n) is 9.84. The zero-order valence-corrected chi connectivity index (χ0v) is 25.2. The number of hydrogen-bond acceptors (Lipinski definition) is 8. The molecule has 5 aromatic rings. The van der Waals surface area contributed by atoms with Crippen molar-refractivity contribution in [1.29, 1.82) is 0 Å². The summed E-state index contributed by atoms with van der Waals surface area (Å²) in [6.45, 7) is 3.82. The monoisotopic (exact) mass is 622 g/mol. The highest BCUT2D eigenvalue weighted by Gasteiger charge is 2.45. The van der Waals surface area contributed by atoms with E-state index in [1.54, 1.807) is 6.20 Å². The molecule has 3 aromatic heterocycles. The van der Waals surface area contributed by atoms with Crippen LogP contribution in [-0.4, -0.2) is 73.2 Å². The van der Waals surface area contributed by atoms with Crippen molar-refractivity contribution >= 4 is 21.7 Å². The Morgan fingerprint density at radius 1 is 1.07 bits per heavy atom. The molecule has 1 N–H and O–H groups in total. The van der Waals surface area contributed by atoms with Gasteiger partial charge in [0.1, 0.15) is 29.4 Å². The third kappa shape index (κ3) is 4.75. The van der Waals surface area contributed by atoms with Crippen LogP contribution in [0.4, 0.5) is 8.78 Å². The predicted octanol–water partition coefficient (Wildman–Crippen LogP) is 6.03. The van der Waals surface area contributed by atoms with Crippen LogP contribution >= 0.6 is 0 Å². The lowest BCUT2D eigenvalue weighted by molar-refractivity contribution is 0.0662. The van der Waals surface area contributed by atoms with E-state index >= 15 is 4.39 Å². The van der Waals surface area contributed by atoms with E-state index in [2.05, 4.69) is 25.9 Å². The highest BCUT2D eigenvalue weighted by atomic mass is 19.1. The van der Waals surface area contributed by atoms with Crippen molar-refractivity contribution in [3.05, 3.63) is 60.1 Å². The van der Waals surface area contributed by atoms with Crippen LogP contribution in [0.15, 0.2) is 42.9 Å². The summed E-state index contributed by atoms with van der Waals surface area (Å²) in [5.41, 5.74) is 1.04. The summed E-state index contributed by atoms with van der Waals surface area (Å²) in [4.78, 5) is 16.4. The highest BCUT2D eigenvalue weighted by Crippen LogP contribution is 2.41. The van der Waals surface area contributed by atoms with Gasteiger partial charge >= 0.3 is 6.01 Å².